The minimum absolute atomic E-state index is 0.0109. The van der Waals surface area contributed by atoms with Crippen LogP contribution in [-0.4, -0.2) is 65.6 Å². The molecule has 1 fully saturated rings. The Bertz CT molecular complexity index is 698. The number of hydrogen-bond acceptors (Lipinski definition) is 6. The van der Waals surface area contributed by atoms with Crippen molar-refractivity contribution in [1.29, 1.82) is 0 Å². The quantitative estimate of drug-likeness (QED) is 0.568. The van der Waals surface area contributed by atoms with Gasteiger partial charge in [0.1, 0.15) is 5.82 Å². The van der Waals surface area contributed by atoms with Crippen LogP contribution >= 0.6 is 0 Å². The van der Waals surface area contributed by atoms with Crippen molar-refractivity contribution >= 4 is 17.8 Å². The zero-order valence-corrected chi connectivity index (χ0v) is 15.4. The maximum absolute atomic E-state index is 12.4. The summed E-state index contributed by atoms with van der Waals surface area (Å²) in [5, 5.41) is 25.2. The van der Waals surface area contributed by atoms with E-state index < -0.39 is 12.2 Å². The highest BCUT2D eigenvalue weighted by Gasteiger charge is 2.30. The maximum atomic E-state index is 12.4. The summed E-state index contributed by atoms with van der Waals surface area (Å²) in [5.74, 6) is 0.912. The number of hydrogen-bond donors (Lipinski definition) is 4. The van der Waals surface area contributed by atoms with Gasteiger partial charge in [-0.3, -0.25) is 9.69 Å². The molecule has 3 atom stereocenters. The molecule has 1 saturated heterocycles. The molecular weight excluding hydrogens is 352 g/mol. The van der Waals surface area contributed by atoms with E-state index in [0.29, 0.717) is 43.9 Å². The normalized spacial score (nSPS) is 23.5. The molecule has 27 heavy (non-hydrogen) atoms. The van der Waals surface area contributed by atoms with Crippen LogP contribution in [0.2, 0.25) is 0 Å². The Morgan fingerprint density at radius 3 is 3.04 bits per heavy atom. The second-order valence-electron chi connectivity index (χ2n) is 7.05. The molecule has 2 amide bonds. The van der Waals surface area contributed by atoms with Crippen LogP contribution < -0.4 is 20.3 Å². The lowest BCUT2D eigenvalue weighted by atomic mass is 9.94. The molecule has 2 aliphatic rings. The fourth-order valence-corrected chi connectivity index (χ4v) is 3.79. The van der Waals surface area contributed by atoms with Crippen LogP contribution in [0.4, 0.5) is 10.6 Å². The van der Waals surface area contributed by atoms with Gasteiger partial charge in [-0.25, -0.2) is 4.79 Å². The Hall–Kier alpha value is -2.39. The molecule has 9 heteroatoms. The molecular formula is C18H26N4O5. The summed E-state index contributed by atoms with van der Waals surface area (Å²) in [7, 11) is 1.52. The zero-order valence-electron chi connectivity index (χ0n) is 15.4. The third-order valence-electron chi connectivity index (χ3n) is 5.08. The van der Waals surface area contributed by atoms with E-state index in [1.165, 1.54) is 12.0 Å². The number of fused-ring (bicyclic) bond motifs is 1. The number of rotatable bonds is 6. The molecule has 0 aromatic carbocycles. The first-order valence-corrected chi connectivity index (χ1v) is 9.21. The van der Waals surface area contributed by atoms with Crippen molar-refractivity contribution in [2.75, 3.05) is 25.1 Å². The third kappa shape index (κ3) is 4.86. The minimum Gasteiger partial charge on any atom is -0.481 e. The average Bonchev–Trinajstić information content (AvgIpc) is 2.63. The number of aromatic nitrogens is 1. The monoisotopic (exact) mass is 378 g/mol. The number of amides is 2. The van der Waals surface area contributed by atoms with E-state index >= 15 is 0 Å². The summed E-state index contributed by atoms with van der Waals surface area (Å²) in [5.41, 5.74) is 0.962. The Balaban J connectivity index is 1.63. The van der Waals surface area contributed by atoms with Crippen LogP contribution in [0, 0.1) is 0 Å². The number of nitrogens with zero attached hydrogens (tertiary/aromatic N) is 2. The van der Waals surface area contributed by atoms with Crippen molar-refractivity contribution in [3.63, 3.8) is 0 Å². The first kappa shape index (κ1) is 19.4. The first-order valence-electron chi connectivity index (χ1n) is 9.21. The number of anilines is 1. The topological polar surface area (TPSA) is 124 Å². The number of piperidine rings is 1. The number of carboxylic acid groups (broad SMARTS) is 1. The van der Waals surface area contributed by atoms with Gasteiger partial charge in [0.25, 0.3) is 0 Å². The molecule has 0 spiro atoms. The number of carbonyl (C=O) groups is 2. The van der Waals surface area contributed by atoms with Gasteiger partial charge in [-0.1, -0.05) is 0 Å². The molecule has 0 saturated carbocycles. The van der Waals surface area contributed by atoms with E-state index in [2.05, 4.69) is 15.6 Å². The van der Waals surface area contributed by atoms with E-state index in [1.807, 2.05) is 6.07 Å². The Morgan fingerprint density at radius 2 is 2.30 bits per heavy atom. The summed E-state index contributed by atoms with van der Waals surface area (Å²) >= 11 is 0. The first-order chi connectivity index (χ1) is 13.0. The number of pyridine rings is 1. The number of methoxy groups -OCH3 is 1. The highest BCUT2D eigenvalue weighted by atomic mass is 16.5. The zero-order chi connectivity index (χ0) is 19.4. The standard InChI is InChI=1S/C18H26N4O5/c1-27-15-4-2-11-3-5-16(24)22(17(11)21-15)10-14(23)9-13-8-12(6-7-19-13)20-18(25)26/h2,4,12-14,19-20,23H,3,5-10H2,1H3,(H,25,26). The lowest BCUT2D eigenvalue weighted by Gasteiger charge is -2.34. The van der Waals surface area contributed by atoms with Crippen LogP contribution in [0.15, 0.2) is 12.1 Å². The van der Waals surface area contributed by atoms with E-state index in [9.17, 15) is 14.7 Å². The fraction of sp³-hybridized carbons (Fsp3) is 0.611. The number of nitrogens with one attached hydrogen (secondary N) is 2. The number of aliphatic hydroxyl groups excluding tert-OH is 1. The summed E-state index contributed by atoms with van der Waals surface area (Å²) in [6, 6.07) is 3.54. The van der Waals surface area contributed by atoms with Crippen LogP contribution in [0.5, 0.6) is 5.88 Å². The maximum Gasteiger partial charge on any atom is 0.404 e. The van der Waals surface area contributed by atoms with E-state index in [1.54, 1.807) is 6.07 Å². The highest BCUT2D eigenvalue weighted by Crippen LogP contribution is 2.28. The number of ether oxygens (including phenoxy) is 1. The predicted molar refractivity (Wildman–Crippen MR) is 98.1 cm³/mol. The Kier molecular flexibility index (Phi) is 6.12. The van der Waals surface area contributed by atoms with Crippen LogP contribution in [0.3, 0.4) is 0 Å². The number of aliphatic hydroxyl groups is 1. The van der Waals surface area contributed by atoms with Gasteiger partial charge in [0.15, 0.2) is 0 Å². The number of carbonyl (C=O) groups excluding carboxylic acids is 1. The third-order valence-corrected chi connectivity index (χ3v) is 5.08. The Morgan fingerprint density at radius 1 is 1.48 bits per heavy atom. The summed E-state index contributed by atoms with van der Waals surface area (Å²) in [6.07, 6.45) is 1.01. The second kappa shape index (κ2) is 8.53. The molecule has 0 radical (unpaired) electrons. The van der Waals surface area contributed by atoms with Crippen LogP contribution in [-0.2, 0) is 11.2 Å². The second-order valence-corrected chi connectivity index (χ2v) is 7.05. The van der Waals surface area contributed by atoms with Gasteiger partial charge in [0, 0.05) is 24.6 Å². The van der Waals surface area contributed by atoms with Gasteiger partial charge in [-0.15, -0.1) is 0 Å². The van der Waals surface area contributed by atoms with Gasteiger partial charge in [-0.05, 0) is 43.9 Å². The smallest absolute Gasteiger partial charge is 0.404 e. The molecule has 3 heterocycles. The van der Waals surface area contributed by atoms with Gasteiger partial charge < -0.3 is 25.6 Å². The van der Waals surface area contributed by atoms with E-state index in [4.69, 9.17) is 9.84 Å². The van der Waals surface area contributed by atoms with E-state index in [-0.39, 0.29) is 24.5 Å². The van der Waals surface area contributed by atoms with Crippen molar-refractivity contribution in [3.05, 3.63) is 17.7 Å². The van der Waals surface area contributed by atoms with Crippen LogP contribution in [0.1, 0.15) is 31.2 Å². The van der Waals surface area contributed by atoms with Crippen molar-refractivity contribution in [1.82, 2.24) is 15.6 Å². The van der Waals surface area contributed by atoms with Gasteiger partial charge >= 0.3 is 6.09 Å². The summed E-state index contributed by atoms with van der Waals surface area (Å²) < 4.78 is 5.16. The largest absolute Gasteiger partial charge is 0.481 e. The number of β-amino-alcohol motifs (C(OH)–C–C–N with tert-alkyl or cyclic N) is 1. The van der Waals surface area contributed by atoms with Gasteiger partial charge in [0.2, 0.25) is 11.8 Å². The molecule has 148 valence electrons. The molecule has 1 aromatic rings. The molecule has 0 aliphatic carbocycles. The molecule has 2 aliphatic heterocycles. The lowest BCUT2D eigenvalue weighted by Crippen LogP contribution is -2.49. The van der Waals surface area contributed by atoms with Crippen molar-refractivity contribution < 1.29 is 24.5 Å². The van der Waals surface area contributed by atoms with E-state index in [0.717, 1.165) is 12.0 Å². The lowest BCUT2D eigenvalue weighted by molar-refractivity contribution is -0.119. The summed E-state index contributed by atoms with van der Waals surface area (Å²) in [6.45, 7) is 0.841. The van der Waals surface area contributed by atoms with Gasteiger partial charge in [-0.2, -0.15) is 4.98 Å². The van der Waals surface area contributed by atoms with Crippen molar-refractivity contribution in [3.8, 4) is 5.88 Å². The molecule has 9 nitrogen and oxygen atoms in total. The fourth-order valence-electron chi connectivity index (χ4n) is 3.79. The van der Waals surface area contributed by atoms with Crippen molar-refractivity contribution in [2.24, 2.45) is 0 Å². The predicted octanol–water partition coefficient (Wildman–Crippen LogP) is 0.509. The minimum atomic E-state index is -1.03. The molecule has 4 N–H and O–H groups in total. The molecule has 3 rings (SSSR count). The molecule has 0 bridgehead atoms. The summed E-state index contributed by atoms with van der Waals surface area (Å²) in [4.78, 5) is 29.1. The molecule has 1 aromatic heterocycles. The number of aryl methyl sites for hydroxylation is 1. The van der Waals surface area contributed by atoms with Crippen molar-refractivity contribution in [2.45, 2.75) is 50.3 Å². The Labute approximate surface area is 157 Å². The molecule has 3 unspecified atom stereocenters. The SMILES string of the molecule is COc1ccc2c(n1)N(CC(O)CC1CC(NC(=O)O)CCN1)C(=O)CC2. The highest BCUT2D eigenvalue weighted by molar-refractivity contribution is 5.95. The van der Waals surface area contributed by atoms with Crippen LogP contribution in [0.25, 0.3) is 0 Å². The van der Waals surface area contributed by atoms with Gasteiger partial charge in [0.05, 0.1) is 19.8 Å². The average molecular weight is 378 g/mol.